The third-order valence-corrected chi connectivity index (χ3v) is 10.9. The summed E-state index contributed by atoms with van der Waals surface area (Å²) in [6.07, 6.45) is 14.7. The van der Waals surface area contributed by atoms with E-state index in [4.69, 9.17) is 9.47 Å². The topological polar surface area (TPSA) is 118 Å². The van der Waals surface area contributed by atoms with E-state index in [1.807, 2.05) is 43.6 Å². The van der Waals surface area contributed by atoms with E-state index in [0.717, 1.165) is 72.0 Å². The average Bonchev–Trinajstić information content (AvgIpc) is 4.05. The zero-order chi connectivity index (χ0) is 39.3. The third kappa shape index (κ3) is 6.48. The van der Waals surface area contributed by atoms with Gasteiger partial charge in [-0.1, -0.05) is 17.0 Å². The fourth-order valence-corrected chi connectivity index (χ4v) is 8.18. The molecule has 0 spiro atoms. The molecule has 286 valence electrons. The number of halogens is 2. The molecule has 0 unspecified atom stereocenters. The molecule has 4 aromatic heterocycles. The fraction of sp³-hybridized carbons (Fsp3) is 0.227. The largest absolute Gasteiger partial charge is 0.486 e. The molecule has 14 heteroatoms. The van der Waals surface area contributed by atoms with E-state index >= 15 is 8.78 Å². The van der Waals surface area contributed by atoms with Crippen LogP contribution in [0.5, 0.6) is 11.5 Å². The molecule has 4 heterocycles. The summed E-state index contributed by atoms with van der Waals surface area (Å²) >= 11 is 0. The minimum atomic E-state index is -0.426. The van der Waals surface area contributed by atoms with E-state index in [0.29, 0.717) is 44.6 Å². The molecule has 10 rings (SSSR count). The molecule has 0 saturated carbocycles. The lowest BCUT2D eigenvalue weighted by molar-refractivity contribution is 0.183. The highest BCUT2D eigenvalue weighted by atomic mass is 19.1. The second-order valence-electron chi connectivity index (χ2n) is 14.7. The Morgan fingerprint density at radius 2 is 1.28 bits per heavy atom. The van der Waals surface area contributed by atoms with Gasteiger partial charge in [-0.3, -0.25) is 4.68 Å². The molecule has 2 atom stereocenters. The average molecular weight is 774 g/mol. The number of aryl methyl sites for hydroxylation is 3. The molecule has 58 heavy (non-hydrogen) atoms. The highest BCUT2D eigenvalue weighted by molar-refractivity contribution is 5.83. The molecule has 0 aliphatic heterocycles. The van der Waals surface area contributed by atoms with Crippen molar-refractivity contribution in [3.8, 4) is 35.0 Å². The summed E-state index contributed by atoms with van der Waals surface area (Å²) in [6.45, 7) is 0.211. The number of aromatic nitrogens is 8. The van der Waals surface area contributed by atoms with Crippen LogP contribution in [0.4, 0.5) is 8.78 Å². The van der Waals surface area contributed by atoms with Gasteiger partial charge >= 0.3 is 12.7 Å². The minimum Gasteiger partial charge on any atom is -0.486 e. The van der Waals surface area contributed by atoms with E-state index in [1.54, 1.807) is 49.5 Å². The number of benzene rings is 4. The number of nitrogens with zero attached hydrogens (tertiary/aromatic N) is 10. The summed E-state index contributed by atoms with van der Waals surface area (Å²) in [4.78, 5) is 4.53. The molecule has 12 nitrogen and oxygen atoms in total. The summed E-state index contributed by atoms with van der Waals surface area (Å²) in [5.41, 5.74) is 8.31. The Morgan fingerprint density at radius 1 is 0.707 bits per heavy atom. The van der Waals surface area contributed by atoms with Crippen LogP contribution in [-0.2, 0) is 26.6 Å². The van der Waals surface area contributed by atoms with Gasteiger partial charge in [0.15, 0.2) is 0 Å². The van der Waals surface area contributed by atoms with Crippen molar-refractivity contribution in [2.75, 3.05) is 0 Å². The lowest BCUT2D eigenvalue weighted by Gasteiger charge is -2.26. The van der Waals surface area contributed by atoms with Crippen LogP contribution in [0.3, 0.4) is 0 Å². The monoisotopic (exact) mass is 773 g/mol. The van der Waals surface area contributed by atoms with Crippen LogP contribution in [0.1, 0.15) is 71.3 Å². The van der Waals surface area contributed by atoms with Gasteiger partial charge in [0.05, 0.1) is 70.6 Å². The molecule has 0 bridgehead atoms. The van der Waals surface area contributed by atoms with E-state index in [1.165, 1.54) is 24.5 Å². The van der Waals surface area contributed by atoms with Crippen LogP contribution in [0.15, 0.2) is 97.8 Å². The molecule has 2 aliphatic carbocycles. The van der Waals surface area contributed by atoms with Gasteiger partial charge in [0.2, 0.25) is 0 Å². The van der Waals surface area contributed by atoms with Crippen LogP contribution in [0, 0.1) is 29.0 Å². The maximum Gasteiger partial charge on any atom is 0.357 e. The van der Waals surface area contributed by atoms with Crippen molar-refractivity contribution in [3.63, 3.8) is 0 Å². The van der Waals surface area contributed by atoms with E-state index < -0.39 is 11.6 Å². The predicted molar refractivity (Wildman–Crippen MR) is 211 cm³/mol. The first-order valence-corrected chi connectivity index (χ1v) is 19.1. The Hall–Kier alpha value is -7.32. The number of rotatable bonds is 7. The maximum absolute atomic E-state index is 15.4. The predicted octanol–water partition coefficient (Wildman–Crippen LogP) is 8.70. The number of nitriles is 1. The van der Waals surface area contributed by atoms with Crippen molar-refractivity contribution in [1.82, 2.24) is 39.1 Å². The van der Waals surface area contributed by atoms with Gasteiger partial charge in [-0.2, -0.15) is 30.3 Å². The van der Waals surface area contributed by atoms with Gasteiger partial charge in [-0.05, 0) is 85.0 Å². The molecule has 0 N–H and O–H groups in total. The van der Waals surface area contributed by atoms with Crippen molar-refractivity contribution in [2.24, 2.45) is 7.05 Å². The minimum absolute atomic E-state index is 0.211. The Balaban J connectivity index is 0.836. The van der Waals surface area contributed by atoms with E-state index in [-0.39, 0.29) is 18.9 Å². The van der Waals surface area contributed by atoms with Crippen LogP contribution < -0.4 is 9.47 Å². The molecule has 0 radical (unpaired) electrons. The first kappa shape index (κ1) is 35.1. The molecule has 4 aromatic carbocycles. The molecule has 2 aliphatic rings. The first-order chi connectivity index (χ1) is 28.4. The van der Waals surface area contributed by atoms with Crippen LogP contribution in [0.25, 0.3) is 38.0 Å². The Morgan fingerprint density at radius 3 is 1.86 bits per heavy atom. The second kappa shape index (κ2) is 14.3. The van der Waals surface area contributed by atoms with Gasteiger partial charge in [0.25, 0.3) is 0 Å². The molecule has 0 fully saturated rings. The Kier molecular flexibility index (Phi) is 8.67. The van der Waals surface area contributed by atoms with Gasteiger partial charge in [-0.25, -0.2) is 18.1 Å². The normalized spacial score (nSPS) is 16.0. The maximum atomic E-state index is 15.4. The van der Waals surface area contributed by atoms with Gasteiger partial charge in [-0.15, -0.1) is 0 Å². The SMILES string of the molecule is Cn1cc(-n2ncc3c(F)cc(O[C@H]4CCCc5cc(C#[N+]Cn6cc(-n7ncc8c(F)cc(O[C@@H]9CCCc%10cc(C#N)ccc%109)cc87)cn6)ccc54)cc32)cn1. The highest BCUT2D eigenvalue weighted by Gasteiger charge is 2.25. The molecule has 8 aromatic rings. The standard InChI is InChI=1S/C44H35F2N10O2/c1-53-24-31(20-49-53)55-41-16-33(14-39(45)37(41)22-51-55)58-44-7-3-5-30-13-28(9-11-36(30)44)19-48-26-54-25-32(21-50-54)56-42-17-34(15-40(46)38(42)23-52-56)57-43-6-2-4-29-12-27(18-47)8-10-35(29)43/h8-17,20-25,43-44H,2-7,26H2,1H3/q+1/t43-,44+/m1/s1. The molecular formula is C44H35F2N10O2+. The molecular weight excluding hydrogens is 739 g/mol. The van der Waals surface area contributed by atoms with Crippen molar-refractivity contribution in [2.45, 2.75) is 57.4 Å². The second-order valence-corrected chi connectivity index (χ2v) is 14.7. The summed E-state index contributed by atoms with van der Waals surface area (Å²) < 4.78 is 50.0. The zero-order valence-corrected chi connectivity index (χ0v) is 31.4. The van der Waals surface area contributed by atoms with Crippen molar-refractivity contribution in [1.29, 1.82) is 5.26 Å². The van der Waals surface area contributed by atoms with Crippen molar-refractivity contribution < 1.29 is 18.3 Å². The third-order valence-electron chi connectivity index (χ3n) is 10.9. The van der Waals surface area contributed by atoms with E-state index in [9.17, 15) is 5.26 Å². The van der Waals surface area contributed by atoms with Crippen LogP contribution in [0.2, 0.25) is 0 Å². The van der Waals surface area contributed by atoms with Gasteiger partial charge in [0, 0.05) is 31.3 Å². The Bertz CT molecular complexity index is 3000. The smallest absolute Gasteiger partial charge is 0.357 e. The van der Waals surface area contributed by atoms with E-state index in [2.05, 4.69) is 43.4 Å². The van der Waals surface area contributed by atoms with Gasteiger partial charge < -0.3 is 9.47 Å². The Labute approximate surface area is 330 Å². The summed E-state index contributed by atoms with van der Waals surface area (Å²) in [5.74, 6) is 0.0242. The van der Waals surface area contributed by atoms with Crippen molar-refractivity contribution in [3.05, 3.63) is 148 Å². The molecule has 0 saturated heterocycles. The van der Waals surface area contributed by atoms with Crippen LogP contribution in [-0.4, -0.2) is 39.1 Å². The number of hydrogen-bond donors (Lipinski definition) is 0. The summed E-state index contributed by atoms with van der Waals surface area (Å²) in [7, 11) is 1.82. The lowest BCUT2D eigenvalue weighted by atomic mass is 9.88. The van der Waals surface area contributed by atoms with Crippen LogP contribution >= 0.6 is 0 Å². The number of hydrogen-bond acceptors (Lipinski definition) is 7. The lowest BCUT2D eigenvalue weighted by Crippen LogP contribution is -2.15. The zero-order valence-electron chi connectivity index (χ0n) is 31.4. The highest BCUT2D eigenvalue weighted by Crippen LogP contribution is 2.38. The fourth-order valence-electron chi connectivity index (χ4n) is 8.18. The summed E-state index contributed by atoms with van der Waals surface area (Å²) in [6, 6.07) is 23.5. The number of fused-ring (bicyclic) bond motifs is 4. The first-order valence-electron chi connectivity index (χ1n) is 19.1. The molecule has 0 amide bonds. The number of ether oxygens (including phenoxy) is 2. The quantitative estimate of drug-likeness (QED) is 0.159. The van der Waals surface area contributed by atoms with Gasteiger partial charge in [0.1, 0.15) is 52.3 Å². The summed E-state index contributed by atoms with van der Waals surface area (Å²) in [5, 5.41) is 27.7. The van der Waals surface area contributed by atoms with Crippen molar-refractivity contribution >= 4 is 21.8 Å².